The van der Waals surface area contributed by atoms with Crippen molar-refractivity contribution in [3.63, 3.8) is 0 Å². The first-order chi connectivity index (χ1) is 10.7. The Labute approximate surface area is 156 Å². The highest BCUT2D eigenvalue weighted by Gasteiger charge is 1.98. The van der Waals surface area contributed by atoms with Crippen LogP contribution in [0.5, 0.6) is 11.5 Å². The third-order valence-electron chi connectivity index (χ3n) is 3.02. The molecule has 0 unspecified atom stereocenters. The largest absolute Gasteiger partial charge is 0.497 e. The van der Waals surface area contributed by atoms with Gasteiger partial charge < -0.3 is 25.0 Å². The molecule has 0 saturated heterocycles. The van der Waals surface area contributed by atoms with Crippen molar-refractivity contribution in [3.05, 3.63) is 24.3 Å². The summed E-state index contributed by atoms with van der Waals surface area (Å²) in [6, 6.07) is 7.56. The smallest absolute Gasteiger partial charge is 0.191 e. The number of nitrogens with zero attached hydrogens (tertiary/aromatic N) is 2. The quantitative estimate of drug-likeness (QED) is 0.268. The van der Waals surface area contributed by atoms with E-state index in [0.717, 1.165) is 37.0 Å². The van der Waals surface area contributed by atoms with E-state index < -0.39 is 0 Å². The van der Waals surface area contributed by atoms with E-state index in [1.165, 1.54) is 0 Å². The summed E-state index contributed by atoms with van der Waals surface area (Å²) in [5.41, 5.74) is 0. The molecule has 0 saturated carbocycles. The summed E-state index contributed by atoms with van der Waals surface area (Å²) in [4.78, 5) is 6.35. The summed E-state index contributed by atoms with van der Waals surface area (Å²) in [6.45, 7) is 3.23. The van der Waals surface area contributed by atoms with E-state index in [-0.39, 0.29) is 24.0 Å². The average molecular weight is 436 g/mol. The number of aliphatic imine (C=N–C) groups is 1. The molecule has 132 valence electrons. The molecule has 0 aromatic heterocycles. The van der Waals surface area contributed by atoms with Crippen LogP contribution < -0.4 is 20.1 Å². The number of nitrogens with one attached hydrogen (secondary N) is 2. The summed E-state index contributed by atoms with van der Waals surface area (Å²) in [5, 5.41) is 6.50. The highest BCUT2D eigenvalue weighted by Crippen LogP contribution is 2.16. The van der Waals surface area contributed by atoms with Gasteiger partial charge in [0.25, 0.3) is 0 Å². The van der Waals surface area contributed by atoms with Crippen LogP contribution in [-0.4, -0.2) is 65.4 Å². The van der Waals surface area contributed by atoms with Gasteiger partial charge >= 0.3 is 0 Å². The molecule has 0 radical (unpaired) electrons. The molecule has 0 bridgehead atoms. The first-order valence-corrected chi connectivity index (χ1v) is 7.52. The zero-order chi connectivity index (χ0) is 16.2. The van der Waals surface area contributed by atoms with Crippen molar-refractivity contribution in [1.29, 1.82) is 0 Å². The van der Waals surface area contributed by atoms with E-state index in [1.54, 1.807) is 14.2 Å². The lowest BCUT2D eigenvalue weighted by Gasteiger charge is -2.14. The Balaban J connectivity index is 0.00000484. The molecule has 1 aromatic carbocycles. The molecule has 0 aliphatic rings. The maximum atomic E-state index is 5.65. The highest BCUT2D eigenvalue weighted by molar-refractivity contribution is 14.0. The van der Waals surface area contributed by atoms with Gasteiger partial charge in [-0.15, -0.1) is 24.0 Å². The van der Waals surface area contributed by atoms with Crippen LogP contribution in [0.25, 0.3) is 0 Å². The van der Waals surface area contributed by atoms with Gasteiger partial charge in [-0.25, -0.2) is 0 Å². The Morgan fingerprint density at radius 2 is 1.70 bits per heavy atom. The molecule has 0 spiro atoms. The van der Waals surface area contributed by atoms with Crippen molar-refractivity contribution in [2.75, 3.05) is 54.5 Å². The van der Waals surface area contributed by atoms with Crippen LogP contribution in [0.4, 0.5) is 0 Å². The number of rotatable bonds is 9. The average Bonchev–Trinajstić information content (AvgIpc) is 2.53. The number of hydrogen-bond donors (Lipinski definition) is 2. The molecule has 23 heavy (non-hydrogen) atoms. The summed E-state index contributed by atoms with van der Waals surface area (Å²) in [5.74, 6) is 2.46. The SMILES string of the molecule is CN=C(NCCCN(C)C)NCCOc1ccc(OC)cc1.I. The predicted molar refractivity (Wildman–Crippen MR) is 106 cm³/mol. The third-order valence-corrected chi connectivity index (χ3v) is 3.02. The van der Waals surface area contributed by atoms with E-state index in [4.69, 9.17) is 9.47 Å². The zero-order valence-electron chi connectivity index (χ0n) is 14.5. The summed E-state index contributed by atoms with van der Waals surface area (Å²) in [6.07, 6.45) is 1.08. The molecular weight excluding hydrogens is 407 g/mol. The van der Waals surface area contributed by atoms with E-state index >= 15 is 0 Å². The van der Waals surface area contributed by atoms with Crippen molar-refractivity contribution in [3.8, 4) is 11.5 Å². The lowest BCUT2D eigenvalue weighted by atomic mass is 10.3. The first-order valence-electron chi connectivity index (χ1n) is 7.52. The minimum absolute atomic E-state index is 0. The molecule has 0 amide bonds. The Bertz CT molecular complexity index is 438. The van der Waals surface area contributed by atoms with E-state index in [9.17, 15) is 0 Å². The van der Waals surface area contributed by atoms with Gasteiger partial charge in [0.05, 0.1) is 13.7 Å². The summed E-state index contributed by atoms with van der Waals surface area (Å²) >= 11 is 0. The normalized spacial score (nSPS) is 10.9. The Kier molecular flexibility index (Phi) is 12.5. The van der Waals surface area contributed by atoms with Crippen LogP contribution in [0.1, 0.15) is 6.42 Å². The Hall–Kier alpha value is -1.22. The van der Waals surface area contributed by atoms with Crippen molar-refractivity contribution in [2.24, 2.45) is 4.99 Å². The number of guanidine groups is 1. The number of hydrogen-bond acceptors (Lipinski definition) is 4. The number of methoxy groups -OCH3 is 1. The number of halogens is 1. The van der Waals surface area contributed by atoms with Gasteiger partial charge in [-0.3, -0.25) is 4.99 Å². The summed E-state index contributed by atoms with van der Waals surface area (Å²) < 4.78 is 10.8. The van der Waals surface area contributed by atoms with Crippen LogP contribution in [-0.2, 0) is 0 Å². The van der Waals surface area contributed by atoms with Gasteiger partial charge in [-0.05, 0) is 51.3 Å². The van der Waals surface area contributed by atoms with Gasteiger partial charge in [0.15, 0.2) is 5.96 Å². The fourth-order valence-electron chi connectivity index (χ4n) is 1.83. The standard InChI is InChI=1S/C16H28N4O2.HI/c1-17-16(18-10-5-12-20(2)3)19-11-13-22-15-8-6-14(21-4)7-9-15;/h6-9H,5,10-13H2,1-4H3,(H2,17,18,19);1H. The van der Waals surface area contributed by atoms with E-state index in [0.29, 0.717) is 13.2 Å². The third kappa shape index (κ3) is 10.2. The molecule has 0 fully saturated rings. The molecule has 0 aliphatic heterocycles. The molecule has 1 rings (SSSR count). The minimum Gasteiger partial charge on any atom is -0.497 e. The van der Waals surface area contributed by atoms with Gasteiger partial charge in [0, 0.05) is 13.6 Å². The van der Waals surface area contributed by atoms with Crippen molar-refractivity contribution in [1.82, 2.24) is 15.5 Å². The minimum atomic E-state index is 0. The van der Waals surface area contributed by atoms with E-state index in [1.807, 2.05) is 24.3 Å². The second-order valence-electron chi connectivity index (χ2n) is 5.11. The molecule has 2 N–H and O–H groups in total. The molecular formula is C16H29IN4O2. The predicted octanol–water partition coefficient (Wildman–Crippen LogP) is 1.81. The second-order valence-corrected chi connectivity index (χ2v) is 5.11. The molecule has 7 heteroatoms. The highest BCUT2D eigenvalue weighted by atomic mass is 127. The monoisotopic (exact) mass is 436 g/mol. The van der Waals surface area contributed by atoms with Crippen LogP contribution in [0.3, 0.4) is 0 Å². The lowest BCUT2D eigenvalue weighted by molar-refractivity contribution is 0.321. The molecule has 0 heterocycles. The van der Waals surface area contributed by atoms with Crippen molar-refractivity contribution < 1.29 is 9.47 Å². The van der Waals surface area contributed by atoms with Crippen LogP contribution in [0.15, 0.2) is 29.3 Å². The van der Waals surface area contributed by atoms with Gasteiger partial charge in [0.2, 0.25) is 0 Å². The van der Waals surface area contributed by atoms with E-state index in [2.05, 4.69) is 34.6 Å². The maximum absolute atomic E-state index is 5.65. The topological polar surface area (TPSA) is 58.1 Å². The number of benzene rings is 1. The Morgan fingerprint density at radius 3 is 2.26 bits per heavy atom. The van der Waals surface area contributed by atoms with Gasteiger partial charge in [0.1, 0.15) is 18.1 Å². The molecule has 6 nitrogen and oxygen atoms in total. The lowest BCUT2D eigenvalue weighted by Crippen LogP contribution is -2.40. The second kappa shape index (κ2) is 13.2. The van der Waals surface area contributed by atoms with Gasteiger partial charge in [-0.1, -0.05) is 0 Å². The molecule has 1 aromatic rings. The Morgan fingerprint density at radius 1 is 1.09 bits per heavy atom. The maximum Gasteiger partial charge on any atom is 0.191 e. The zero-order valence-corrected chi connectivity index (χ0v) is 16.8. The van der Waals surface area contributed by atoms with Crippen molar-refractivity contribution in [2.45, 2.75) is 6.42 Å². The van der Waals surface area contributed by atoms with Crippen LogP contribution >= 0.6 is 24.0 Å². The van der Waals surface area contributed by atoms with Crippen LogP contribution in [0.2, 0.25) is 0 Å². The van der Waals surface area contributed by atoms with Gasteiger partial charge in [-0.2, -0.15) is 0 Å². The number of ether oxygens (including phenoxy) is 2. The molecule has 0 atom stereocenters. The van der Waals surface area contributed by atoms with Crippen molar-refractivity contribution >= 4 is 29.9 Å². The fraction of sp³-hybridized carbons (Fsp3) is 0.562. The summed E-state index contributed by atoms with van der Waals surface area (Å²) in [7, 11) is 7.57. The van der Waals surface area contributed by atoms with Crippen LogP contribution in [0, 0.1) is 0 Å². The molecule has 0 aliphatic carbocycles. The first kappa shape index (κ1) is 21.8. The fourth-order valence-corrected chi connectivity index (χ4v) is 1.83.